The molecule has 1 aliphatic heterocycles. The van der Waals surface area contributed by atoms with Crippen molar-refractivity contribution in [2.24, 2.45) is 0 Å². The molecule has 3 aromatic heterocycles. The van der Waals surface area contributed by atoms with Crippen LogP contribution in [0.4, 0.5) is 5.82 Å². The van der Waals surface area contributed by atoms with Gasteiger partial charge in [-0.05, 0) is 5.56 Å². The molecule has 0 saturated carbocycles. The summed E-state index contributed by atoms with van der Waals surface area (Å²) in [7, 11) is 1.60. The maximum Gasteiger partial charge on any atom is 0.254 e. The number of aliphatic hydroxyl groups is 1. The molecule has 1 fully saturated rings. The van der Waals surface area contributed by atoms with Crippen LogP contribution in [0, 0.1) is 0 Å². The lowest BCUT2D eigenvalue weighted by Crippen LogP contribution is -2.37. The monoisotopic (exact) mass is 421 g/mol. The molecule has 1 aromatic carbocycles. The minimum atomic E-state index is -0.00850. The third kappa shape index (κ3) is 3.60. The first-order valence-corrected chi connectivity index (χ1v) is 10.1. The molecule has 4 aromatic rings. The third-order valence-corrected chi connectivity index (χ3v) is 5.25. The highest BCUT2D eigenvalue weighted by atomic mass is 16.5. The van der Waals surface area contributed by atoms with Gasteiger partial charge in [0.15, 0.2) is 17.0 Å². The SMILES string of the molecule is COc1nn(-c2nc(N3CCOCC3)c3ncn(CCO)c3n2)cc1-c1ccccc1. The molecule has 160 valence electrons. The van der Waals surface area contributed by atoms with Gasteiger partial charge in [-0.1, -0.05) is 30.3 Å². The van der Waals surface area contributed by atoms with E-state index in [4.69, 9.17) is 19.4 Å². The van der Waals surface area contributed by atoms with Crippen LogP contribution in [0.25, 0.3) is 28.2 Å². The largest absolute Gasteiger partial charge is 0.479 e. The van der Waals surface area contributed by atoms with E-state index >= 15 is 0 Å². The molecule has 0 amide bonds. The molecule has 10 nitrogen and oxygen atoms in total. The zero-order valence-electron chi connectivity index (χ0n) is 17.2. The highest BCUT2D eigenvalue weighted by Crippen LogP contribution is 2.30. The predicted molar refractivity (Wildman–Crippen MR) is 115 cm³/mol. The van der Waals surface area contributed by atoms with Crippen molar-refractivity contribution < 1.29 is 14.6 Å². The molecule has 0 bridgehead atoms. The average Bonchev–Trinajstić information content (AvgIpc) is 3.44. The molecule has 0 atom stereocenters. The first-order chi connectivity index (χ1) is 15.3. The van der Waals surface area contributed by atoms with E-state index in [0.717, 1.165) is 30.0 Å². The van der Waals surface area contributed by atoms with Gasteiger partial charge in [0.1, 0.15) is 0 Å². The van der Waals surface area contributed by atoms with Crippen LogP contribution in [-0.2, 0) is 11.3 Å². The number of nitrogens with zero attached hydrogens (tertiary/aromatic N) is 7. The molecule has 0 unspecified atom stereocenters. The van der Waals surface area contributed by atoms with Crippen LogP contribution < -0.4 is 9.64 Å². The maximum atomic E-state index is 9.45. The summed E-state index contributed by atoms with van der Waals surface area (Å²) in [5, 5.41) is 14.0. The van der Waals surface area contributed by atoms with Crippen molar-refractivity contribution in [3.63, 3.8) is 0 Å². The Labute approximate surface area is 178 Å². The van der Waals surface area contributed by atoms with Gasteiger partial charge in [0.05, 0.1) is 38.8 Å². The first kappa shape index (κ1) is 19.5. The Morgan fingerprint density at radius 1 is 1.13 bits per heavy atom. The number of anilines is 1. The number of imidazole rings is 1. The molecule has 0 aliphatic carbocycles. The number of fused-ring (bicyclic) bond motifs is 1. The van der Waals surface area contributed by atoms with E-state index in [9.17, 15) is 5.11 Å². The Hall–Kier alpha value is -3.50. The molecule has 10 heteroatoms. The summed E-state index contributed by atoms with van der Waals surface area (Å²) in [6.07, 6.45) is 3.55. The van der Waals surface area contributed by atoms with Gasteiger partial charge >= 0.3 is 0 Å². The molecular formula is C21H23N7O3. The number of benzene rings is 1. The number of rotatable bonds is 6. The van der Waals surface area contributed by atoms with Gasteiger partial charge in [0.2, 0.25) is 5.88 Å². The number of aliphatic hydroxyl groups excluding tert-OH is 1. The topological polar surface area (TPSA) is 103 Å². The fourth-order valence-electron chi connectivity index (χ4n) is 3.71. The summed E-state index contributed by atoms with van der Waals surface area (Å²) in [4.78, 5) is 16.2. The molecule has 4 heterocycles. The normalized spacial score (nSPS) is 14.3. The highest BCUT2D eigenvalue weighted by molar-refractivity contribution is 5.84. The fraction of sp³-hybridized carbons (Fsp3) is 0.333. The quantitative estimate of drug-likeness (QED) is 0.500. The van der Waals surface area contributed by atoms with Gasteiger partial charge in [0.25, 0.3) is 5.95 Å². The van der Waals surface area contributed by atoms with E-state index in [1.165, 1.54) is 0 Å². The lowest BCUT2D eigenvalue weighted by Gasteiger charge is -2.28. The van der Waals surface area contributed by atoms with Crippen molar-refractivity contribution >= 4 is 17.0 Å². The number of aromatic nitrogens is 6. The Bertz CT molecular complexity index is 1180. The Morgan fingerprint density at radius 3 is 2.68 bits per heavy atom. The summed E-state index contributed by atoms with van der Waals surface area (Å²) >= 11 is 0. The molecular weight excluding hydrogens is 398 g/mol. The predicted octanol–water partition coefficient (Wildman–Crippen LogP) is 1.52. The summed E-state index contributed by atoms with van der Waals surface area (Å²) in [6.45, 7) is 3.09. The van der Waals surface area contributed by atoms with E-state index in [1.807, 2.05) is 41.1 Å². The van der Waals surface area contributed by atoms with E-state index in [2.05, 4.69) is 15.0 Å². The summed E-state index contributed by atoms with van der Waals surface area (Å²) in [6, 6.07) is 9.92. The number of ether oxygens (including phenoxy) is 2. The van der Waals surface area contributed by atoms with Crippen LogP contribution in [0.5, 0.6) is 5.88 Å². The van der Waals surface area contributed by atoms with Crippen LogP contribution in [0.2, 0.25) is 0 Å². The van der Waals surface area contributed by atoms with Gasteiger partial charge in [-0.3, -0.25) is 0 Å². The minimum Gasteiger partial charge on any atom is -0.479 e. The smallest absolute Gasteiger partial charge is 0.254 e. The van der Waals surface area contributed by atoms with Crippen molar-refractivity contribution in [1.82, 2.24) is 29.3 Å². The van der Waals surface area contributed by atoms with Crippen LogP contribution in [0.15, 0.2) is 42.9 Å². The molecule has 31 heavy (non-hydrogen) atoms. The van der Waals surface area contributed by atoms with Crippen LogP contribution in [0.1, 0.15) is 0 Å². The van der Waals surface area contributed by atoms with E-state index < -0.39 is 0 Å². The average molecular weight is 421 g/mol. The van der Waals surface area contributed by atoms with E-state index in [1.54, 1.807) is 18.1 Å². The fourth-order valence-corrected chi connectivity index (χ4v) is 3.71. The van der Waals surface area contributed by atoms with E-state index in [0.29, 0.717) is 42.8 Å². The minimum absolute atomic E-state index is 0.00850. The number of hydrogen-bond donors (Lipinski definition) is 1. The molecule has 0 spiro atoms. The van der Waals surface area contributed by atoms with Crippen LogP contribution in [0.3, 0.4) is 0 Å². The maximum absolute atomic E-state index is 9.45. The summed E-state index contributed by atoms with van der Waals surface area (Å²) < 4.78 is 14.5. The zero-order chi connectivity index (χ0) is 21.2. The van der Waals surface area contributed by atoms with Crippen molar-refractivity contribution in [3.8, 4) is 23.0 Å². The first-order valence-electron chi connectivity index (χ1n) is 10.1. The number of methoxy groups -OCH3 is 1. The van der Waals surface area contributed by atoms with Gasteiger partial charge in [-0.15, -0.1) is 5.10 Å². The van der Waals surface area contributed by atoms with Crippen molar-refractivity contribution in [2.45, 2.75) is 6.54 Å². The summed E-state index contributed by atoms with van der Waals surface area (Å²) in [5.74, 6) is 1.64. The molecule has 1 N–H and O–H groups in total. The van der Waals surface area contributed by atoms with Crippen molar-refractivity contribution in [3.05, 3.63) is 42.9 Å². The second kappa shape index (κ2) is 8.32. The lowest BCUT2D eigenvalue weighted by molar-refractivity contribution is 0.122. The van der Waals surface area contributed by atoms with E-state index in [-0.39, 0.29) is 6.61 Å². The van der Waals surface area contributed by atoms with Gasteiger partial charge in [0, 0.05) is 25.8 Å². The van der Waals surface area contributed by atoms with Gasteiger partial charge in [-0.2, -0.15) is 9.97 Å². The van der Waals surface area contributed by atoms with Gasteiger partial charge < -0.3 is 24.0 Å². The number of morpholine rings is 1. The Kier molecular flexibility index (Phi) is 5.23. The van der Waals surface area contributed by atoms with Crippen LogP contribution in [-0.4, -0.2) is 74.4 Å². The highest BCUT2D eigenvalue weighted by Gasteiger charge is 2.22. The number of hydrogen-bond acceptors (Lipinski definition) is 8. The van der Waals surface area contributed by atoms with Crippen LogP contribution >= 0.6 is 0 Å². The Balaban J connectivity index is 1.66. The molecule has 1 saturated heterocycles. The second-order valence-corrected chi connectivity index (χ2v) is 7.14. The molecule has 1 aliphatic rings. The van der Waals surface area contributed by atoms with Gasteiger partial charge in [-0.25, -0.2) is 9.67 Å². The van der Waals surface area contributed by atoms with Crippen molar-refractivity contribution in [1.29, 1.82) is 0 Å². The summed E-state index contributed by atoms with van der Waals surface area (Å²) in [5.41, 5.74) is 3.19. The zero-order valence-corrected chi connectivity index (χ0v) is 17.2. The Morgan fingerprint density at radius 2 is 1.94 bits per heavy atom. The second-order valence-electron chi connectivity index (χ2n) is 7.14. The van der Waals surface area contributed by atoms with Crippen molar-refractivity contribution in [2.75, 3.05) is 44.9 Å². The third-order valence-electron chi connectivity index (χ3n) is 5.25. The molecule has 0 radical (unpaired) electrons. The lowest BCUT2D eigenvalue weighted by atomic mass is 10.1. The standard InChI is InChI=1S/C21H23N7O3/c1-30-20-16(15-5-3-2-4-6-15)13-28(25-20)21-23-18(26-8-11-31-12-9-26)17-19(24-21)27(7-10-29)14-22-17/h2-6,13-14,29H,7-12H2,1H3. The molecule has 5 rings (SSSR count).